The van der Waals surface area contributed by atoms with Gasteiger partial charge in [-0.2, -0.15) is 0 Å². The highest BCUT2D eigenvalue weighted by Crippen LogP contribution is 2.33. The molecule has 1 N–H and O–H groups in total. The Kier molecular flexibility index (Phi) is 4.44. The van der Waals surface area contributed by atoms with Crippen LogP contribution in [0.25, 0.3) is 10.9 Å². The zero-order chi connectivity index (χ0) is 17.2. The van der Waals surface area contributed by atoms with E-state index in [1.54, 1.807) is 0 Å². The number of fused-ring (bicyclic) bond motifs is 2. The lowest BCUT2D eigenvalue weighted by Crippen LogP contribution is -2.60. The van der Waals surface area contributed by atoms with E-state index < -0.39 is 0 Å². The largest absolute Gasteiger partial charge is 0.491 e. The van der Waals surface area contributed by atoms with Crippen LogP contribution in [-0.2, 0) is 9.53 Å². The van der Waals surface area contributed by atoms with Crippen molar-refractivity contribution in [2.24, 2.45) is 0 Å². The van der Waals surface area contributed by atoms with Crippen molar-refractivity contribution in [3.05, 3.63) is 30.5 Å². The molecule has 0 unspecified atom stereocenters. The van der Waals surface area contributed by atoms with Crippen LogP contribution in [0.4, 0.5) is 5.69 Å². The fourth-order valence-corrected chi connectivity index (χ4v) is 3.66. The van der Waals surface area contributed by atoms with Crippen molar-refractivity contribution in [2.45, 2.75) is 31.9 Å². The van der Waals surface area contributed by atoms with E-state index in [0.717, 1.165) is 48.3 Å². The van der Waals surface area contributed by atoms with Gasteiger partial charge in [0.15, 0.2) is 0 Å². The van der Waals surface area contributed by atoms with Gasteiger partial charge in [0.1, 0.15) is 17.9 Å². The Hall–Kier alpha value is -2.34. The molecule has 0 bridgehead atoms. The molecule has 132 valence electrons. The third-order valence-electron chi connectivity index (χ3n) is 4.84. The first kappa shape index (κ1) is 16.1. The number of nitrogens with zero attached hydrogens (tertiary/aromatic N) is 2. The van der Waals surface area contributed by atoms with Crippen LogP contribution in [0.5, 0.6) is 5.75 Å². The Morgan fingerprint density at radius 1 is 1.40 bits per heavy atom. The van der Waals surface area contributed by atoms with Crippen LogP contribution in [0, 0.1) is 0 Å². The van der Waals surface area contributed by atoms with E-state index in [1.165, 1.54) is 0 Å². The van der Waals surface area contributed by atoms with Gasteiger partial charge in [-0.3, -0.25) is 9.78 Å². The summed E-state index contributed by atoms with van der Waals surface area (Å²) in [4.78, 5) is 18.5. The number of pyridine rings is 1. The molecule has 4 rings (SSSR count). The summed E-state index contributed by atoms with van der Waals surface area (Å²) < 4.78 is 11.5. The first-order valence-corrected chi connectivity index (χ1v) is 8.92. The number of rotatable bonds is 4. The van der Waals surface area contributed by atoms with Crippen molar-refractivity contribution in [2.75, 3.05) is 31.2 Å². The second-order valence-corrected chi connectivity index (χ2v) is 6.59. The molecule has 1 aromatic heterocycles. The molecule has 0 spiro atoms. The summed E-state index contributed by atoms with van der Waals surface area (Å²) in [5, 5.41) is 4.14. The predicted octanol–water partition coefficient (Wildman–Crippen LogP) is 2.12. The number of anilines is 1. The average molecular weight is 341 g/mol. The molecule has 6 nitrogen and oxygen atoms in total. The predicted molar refractivity (Wildman–Crippen MR) is 96.0 cm³/mol. The van der Waals surface area contributed by atoms with Crippen molar-refractivity contribution in [1.82, 2.24) is 10.3 Å². The average Bonchev–Trinajstić information content (AvgIpc) is 2.65. The van der Waals surface area contributed by atoms with Crippen molar-refractivity contribution >= 4 is 22.5 Å². The minimum atomic E-state index is -0.0297. The molecule has 2 aliphatic rings. The van der Waals surface area contributed by atoms with Crippen molar-refractivity contribution in [3.63, 3.8) is 0 Å². The zero-order valence-electron chi connectivity index (χ0n) is 14.4. The van der Waals surface area contributed by atoms with E-state index in [0.29, 0.717) is 6.61 Å². The lowest BCUT2D eigenvalue weighted by atomic mass is 9.99. The number of para-hydroxylation sites is 1. The van der Waals surface area contributed by atoms with Crippen LogP contribution in [0.3, 0.4) is 0 Å². The fourth-order valence-electron chi connectivity index (χ4n) is 3.66. The lowest BCUT2D eigenvalue weighted by molar-refractivity contribution is -0.137. The Balaban J connectivity index is 1.64. The fraction of sp³-hybridized carbons (Fsp3) is 0.474. The van der Waals surface area contributed by atoms with Gasteiger partial charge in [-0.05, 0) is 25.0 Å². The number of ether oxygens (including phenoxy) is 2. The van der Waals surface area contributed by atoms with E-state index in [4.69, 9.17) is 9.47 Å². The molecule has 3 heterocycles. The lowest BCUT2D eigenvalue weighted by Gasteiger charge is -2.42. The molecule has 1 amide bonds. The number of aromatic nitrogens is 1. The van der Waals surface area contributed by atoms with Gasteiger partial charge in [-0.1, -0.05) is 19.1 Å². The van der Waals surface area contributed by atoms with Crippen LogP contribution >= 0.6 is 0 Å². The summed E-state index contributed by atoms with van der Waals surface area (Å²) in [6, 6.07) is 8.14. The number of amides is 1. The van der Waals surface area contributed by atoms with Crippen molar-refractivity contribution in [3.8, 4) is 5.75 Å². The quantitative estimate of drug-likeness (QED) is 0.923. The Bertz CT molecular complexity index is 780. The molecule has 2 aromatic rings. The number of carbonyl (C=O) groups is 1. The van der Waals surface area contributed by atoms with Crippen LogP contribution in [-0.4, -0.2) is 49.3 Å². The minimum absolute atomic E-state index is 0.0297. The van der Waals surface area contributed by atoms with Crippen LogP contribution in [0.2, 0.25) is 0 Å². The number of nitrogens with one attached hydrogen (secondary N) is 1. The Morgan fingerprint density at radius 2 is 2.32 bits per heavy atom. The van der Waals surface area contributed by atoms with E-state index in [-0.39, 0.29) is 24.7 Å². The Morgan fingerprint density at radius 3 is 3.20 bits per heavy atom. The van der Waals surface area contributed by atoms with Gasteiger partial charge in [0.25, 0.3) is 0 Å². The molecule has 2 aliphatic heterocycles. The summed E-state index contributed by atoms with van der Waals surface area (Å²) in [7, 11) is 0. The standard InChI is InChI=1S/C19H23N3O3/c1-2-10-24-17-5-3-4-13-15(6-8-20-19(13)17)22-9-7-16-14(11-22)21-18(23)12-25-16/h3-6,8,14,16H,2,7,9-12H2,1H3,(H,21,23)/t14-,16+/m0/s1. The van der Waals surface area contributed by atoms with Gasteiger partial charge in [0, 0.05) is 30.4 Å². The van der Waals surface area contributed by atoms with Crippen LogP contribution in [0.1, 0.15) is 19.8 Å². The van der Waals surface area contributed by atoms with E-state index >= 15 is 0 Å². The van der Waals surface area contributed by atoms with Gasteiger partial charge < -0.3 is 19.7 Å². The molecule has 25 heavy (non-hydrogen) atoms. The number of morpholine rings is 1. The maximum Gasteiger partial charge on any atom is 0.246 e. The highest BCUT2D eigenvalue weighted by Gasteiger charge is 2.35. The summed E-state index contributed by atoms with van der Waals surface area (Å²) >= 11 is 0. The summed E-state index contributed by atoms with van der Waals surface area (Å²) in [5.41, 5.74) is 2.02. The van der Waals surface area contributed by atoms with E-state index in [1.807, 2.05) is 24.4 Å². The van der Waals surface area contributed by atoms with E-state index in [2.05, 4.69) is 28.2 Å². The van der Waals surface area contributed by atoms with Gasteiger partial charge in [-0.25, -0.2) is 0 Å². The smallest absolute Gasteiger partial charge is 0.246 e. The molecular weight excluding hydrogens is 318 g/mol. The summed E-state index contributed by atoms with van der Waals surface area (Å²) in [6.07, 6.45) is 3.81. The number of hydrogen-bond donors (Lipinski definition) is 1. The molecule has 0 aliphatic carbocycles. The first-order valence-electron chi connectivity index (χ1n) is 8.92. The number of carbonyl (C=O) groups excluding carboxylic acids is 1. The SMILES string of the molecule is CCCOc1cccc2c(N3CC[C@H]4OCC(=O)N[C@H]4C3)ccnc12. The van der Waals surface area contributed by atoms with Gasteiger partial charge in [-0.15, -0.1) is 0 Å². The van der Waals surface area contributed by atoms with Crippen molar-refractivity contribution < 1.29 is 14.3 Å². The molecular formula is C19H23N3O3. The molecule has 1 aromatic carbocycles. The second kappa shape index (κ2) is 6.88. The number of piperidine rings is 1. The van der Waals surface area contributed by atoms with Crippen molar-refractivity contribution in [1.29, 1.82) is 0 Å². The highest BCUT2D eigenvalue weighted by molar-refractivity contribution is 5.95. The number of benzene rings is 1. The first-order chi connectivity index (χ1) is 12.3. The molecule has 2 atom stereocenters. The summed E-state index contributed by atoms with van der Waals surface area (Å²) in [5.74, 6) is 0.795. The highest BCUT2D eigenvalue weighted by atomic mass is 16.5. The zero-order valence-corrected chi connectivity index (χ0v) is 14.4. The second-order valence-electron chi connectivity index (χ2n) is 6.59. The molecule has 2 fully saturated rings. The summed E-state index contributed by atoms with van der Waals surface area (Å²) in [6.45, 7) is 4.60. The van der Waals surface area contributed by atoms with Crippen LogP contribution < -0.4 is 15.0 Å². The monoisotopic (exact) mass is 341 g/mol. The third-order valence-corrected chi connectivity index (χ3v) is 4.84. The Labute approximate surface area is 147 Å². The maximum absolute atomic E-state index is 11.6. The van der Waals surface area contributed by atoms with E-state index in [9.17, 15) is 4.79 Å². The van der Waals surface area contributed by atoms with Gasteiger partial charge >= 0.3 is 0 Å². The van der Waals surface area contributed by atoms with Gasteiger partial charge in [0.2, 0.25) is 5.91 Å². The molecule has 0 radical (unpaired) electrons. The molecule has 0 saturated carbocycles. The topological polar surface area (TPSA) is 63.7 Å². The number of hydrogen-bond acceptors (Lipinski definition) is 5. The maximum atomic E-state index is 11.6. The minimum Gasteiger partial charge on any atom is -0.491 e. The molecule has 2 saturated heterocycles. The van der Waals surface area contributed by atoms with Crippen LogP contribution in [0.15, 0.2) is 30.5 Å². The third kappa shape index (κ3) is 3.14. The molecule has 6 heteroatoms. The normalized spacial score (nSPS) is 23.2. The van der Waals surface area contributed by atoms with Gasteiger partial charge in [0.05, 0.1) is 18.8 Å².